The second-order valence-electron chi connectivity index (χ2n) is 3.38. The van der Waals surface area contributed by atoms with Gasteiger partial charge in [0.05, 0.1) is 16.9 Å². The van der Waals surface area contributed by atoms with Gasteiger partial charge in [0.25, 0.3) is 5.91 Å². The van der Waals surface area contributed by atoms with Crippen LogP contribution in [0.4, 0.5) is 5.69 Å². The van der Waals surface area contributed by atoms with Crippen molar-refractivity contribution < 1.29 is 14.7 Å². The van der Waals surface area contributed by atoms with Crippen molar-refractivity contribution in [2.75, 3.05) is 11.9 Å². The number of nitrogens with zero attached hydrogens (tertiary/aromatic N) is 1. The fourth-order valence-electron chi connectivity index (χ4n) is 1.45. The molecule has 0 atom stereocenters. The number of aliphatic carboxylic acids is 1. The van der Waals surface area contributed by atoms with Gasteiger partial charge in [0.15, 0.2) is 0 Å². The summed E-state index contributed by atoms with van der Waals surface area (Å²) in [5.41, 5.74) is 7.01. The van der Waals surface area contributed by atoms with Gasteiger partial charge in [0.1, 0.15) is 6.54 Å². The van der Waals surface area contributed by atoms with Crippen LogP contribution in [0, 0.1) is 13.8 Å². The second-order valence-corrected chi connectivity index (χ2v) is 3.38. The first-order chi connectivity index (χ1) is 7.41. The van der Waals surface area contributed by atoms with E-state index in [-0.39, 0.29) is 12.1 Å². The van der Waals surface area contributed by atoms with Crippen LogP contribution in [0.3, 0.4) is 0 Å². The van der Waals surface area contributed by atoms with Crippen LogP contribution in [0.1, 0.15) is 21.7 Å². The number of carbonyl (C=O) groups excluding carboxylic acids is 1. The summed E-state index contributed by atoms with van der Waals surface area (Å²) in [6, 6.07) is 1.59. The van der Waals surface area contributed by atoms with Gasteiger partial charge in [-0.2, -0.15) is 0 Å². The van der Waals surface area contributed by atoms with Gasteiger partial charge in [-0.25, -0.2) is 0 Å². The molecule has 1 rings (SSSR count). The minimum Gasteiger partial charge on any atom is -0.480 e. The summed E-state index contributed by atoms with van der Waals surface area (Å²) in [4.78, 5) is 25.7. The average molecular weight is 223 g/mol. The molecule has 0 saturated carbocycles. The number of nitrogens with two attached hydrogens (primary N) is 1. The first-order valence-electron chi connectivity index (χ1n) is 4.65. The van der Waals surface area contributed by atoms with Gasteiger partial charge in [-0.1, -0.05) is 0 Å². The highest BCUT2D eigenvalue weighted by molar-refractivity contribution is 5.99. The van der Waals surface area contributed by atoms with E-state index in [1.165, 1.54) is 0 Å². The first-order valence-corrected chi connectivity index (χ1v) is 4.65. The number of nitrogens with one attached hydrogen (secondary N) is 1. The van der Waals surface area contributed by atoms with Crippen LogP contribution in [-0.4, -0.2) is 28.5 Å². The van der Waals surface area contributed by atoms with Gasteiger partial charge in [-0.3, -0.25) is 14.6 Å². The fourth-order valence-corrected chi connectivity index (χ4v) is 1.45. The zero-order chi connectivity index (χ0) is 12.3. The number of carboxylic acids is 1. The molecule has 1 heterocycles. The third-order valence-corrected chi connectivity index (χ3v) is 2.00. The maximum Gasteiger partial charge on any atom is 0.322 e. The zero-order valence-electron chi connectivity index (χ0n) is 9.07. The number of amides is 1. The lowest BCUT2D eigenvalue weighted by molar-refractivity contribution is -0.134. The molecule has 0 aliphatic heterocycles. The lowest BCUT2D eigenvalue weighted by Gasteiger charge is -2.11. The van der Waals surface area contributed by atoms with Gasteiger partial charge in [0, 0.05) is 5.69 Å². The SMILES string of the molecule is Cc1cc(NCC(=O)O)c(C(N)=O)c(C)n1. The van der Waals surface area contributed by atoms with Gasteiger partial charge < -0.3 is 16.2 Å². The minimum atomic E-state index is -1.01. The Morgan fingerprint density at radius 1 is 1.50 bits per heavy atom. The maximum atomic E-state index is 11.2. The van der Waals surface area contributed by atoms with Crippen LogP contribution in [-0.2, 0) is 4.79 Å². The number of hydrogen-bond acceptors (Lipinski definition) is 4. The Labute approximate surface area is 92.5 Å². The van der Waals surface area contributed by atoms with E-state index >= 15 is 0 Å². The Kier molecular flexibility index (Phi) is 3.44. The molecule has 6 nitrogen and oxygen atoms in total. The van der Waals surface area contributed by atoms with E-state index in [0.717, 1.165) is 0 Å². The number of rotatable bonds is 4. The van der Waals surface area contributed by atoms with Crippen molar-refractivity contribution >= 4 is 17.6 Å². The predicted molar refractivity (Wildman–Crippen MR) is 58.4 cm³/mol. The average Bonchev–Trinajstić information content (AvgIpc) is 2.12. The highest BCUT2D eigenvalue weighted by Gasteiger charge is 2.13. The Balaban J connectivity index is 3.13. The molecule has 0 bridgehead atoms. The van der Waals surface area contributed by atoms with Crippen LogP contribution < -0.4 is 11.1 Å². The topological polar surface area (TPSA) is 105 Å². The lowest BCUT2D eigenvalue weighted by atomic mass is 10.1. The van der Waals surface area contributed by atoms with Crippen LogP contribution >= 0.6 is 0 Å². The van der Waals surface area contributed by atoms with Crippen molar-refractivity contribution in [2.45, 2.75) is 13.8 Å². The molecule has 0 spiro atoms. The van der Waals surface area contributed by atoms with Crippen molar-refractivity contribution in [3.05, 3.63) is 23.0 Å². The van der Waals surface area contributed by atoms with Crippen LogP contribution in [0.15, 0.2) is 6.07 Å². The number of aryl methyl sites for hydroxylation is 2. The summed E-state index contributed by atoms with van der Waals surface area (Å²) in [5, 5.41) is 11.2. The largest absolute Gasteiger partial charge is 0.480 e. The number of hydrogen-bond donors (Lipinski definition) is 3. The summed E-state index contributed by atoms with van der Waals surface area (Å²) >= 11 is 0. The first kappa shape index (κ1) is 12.0. The number of aromatic nitrogens is 1. The molecule has 1 aromatic rings. The van der Waals surface area contributed by atoms with Crippen LogP contribution in [0.5, 0.6) is 0 Å². The number of pyridine rings is 1. The van der Waals surface area contributed by atoms with E-state index < -0.39 is 11.9 Å². The van der Waals surface area contributed by atoms with Crippen LogP contribution in [0.2, 0.25) is 0 Å². The third kappa shape index (κ3) is 2.69. The quantitative estimate of drug-likeness (QED) is 0.680. The summed E-state index contributed by atoms with van der Waals surface area (Å²) in [7, 11) is 0. The normalized spacial score (nSPS) is 9.88. The Hall–Kier alpha value is -2.11. The molecule has 0 unspecified atom stereocenters. The Bertz CT molecular complexity index is 443. The minimum absolute atomic E-state index is 0.229. The number of carboxylic acid groups (broad SMARTS) is 1. The summed E-state index contributed by atoms with van der Waals surface area (Å²) in [5.74, 6) is -1.64. The standard InChI is InChI=1S/C10H13N3O3/c1-5-3-7(12-4-8(14)15)9(10(11)16)6(2)13-5/h3H,4H2,1-2H3,(H2,11,16)(H,12,13)(H,14,15). The number of carbonyl (C=O) groups is 2. The van der Waals surface area contributed by atoms with Crippen molar-refractivity contribution in [1.29, 1.82) is 0 Å². The third-order valence-electron chi connectivity index (χ3n) is 2.00. The molecule has 0 aliphatic carbocycles. The van der Waals surface area contributed by atoms with Crippen molar-refractivity contribution in [3.63, 3.8) is 0 Å². The monoisotopic (exact) mass is 223 g/mol. The predicted octanol–water partition coefficient (Wildman–Crippen LogP) is 0.294. The molecular weight excluding hydrogens is 210 g/mol. The molecule has 16 heavy (non-hydrogen) atoms. The van der Waals surface area contributed by atoms with E-state index in [2.05, 4.69) is 10.3 Å². The summed E-state index contributed by atoms with van der Waals surface area (Å²) < 4.78 is 0. The van der Waals surface area contributed by atoms with E-state index in [1.807, 2.05) is 0 Å². The summed E-state index contributed by atoms with van der Waals surface area (Å²) in [6.07, 6.45) is 0. The second kappa shape index (κ2) is 4.61. The molecule has 1 amide bonds. The molecular formula is C10H13N3O3. The fraction of sp³-hybridized carbons (Fsp3) is 0.300. The number of anilines is 1. The van der Waals surface area contributed by atoms with E-state index in [4.69, 9.17) is 10.8 Å². The molecule has 4 N–H and O–H groups in total. The van der Waals surface area contributed by atoms with E-state index in [0.29, 0.717) is 17.1 Å². The molecule has 0 aromatic carbocycles. The molecule has 0 radical (unpaired) electrons. The maximum absolute atomic E-state index is 11.2. The smallest absolute Gasteiger partial charge is 0.322 e. The van der Waals surface area contributed by atoms with Crippen LogP contribution in [0.25, 0.3) is 0 Å². The lowest BCUT2D eigenvalue weighted by Crippen LogP contribution is -2.20. The van der Waals surface area contributed by atoms with Crippen molar-refractivity contribution in [2.24, 2.45) is 5.73 Å². The highest BCUT2D eigenvalue weighted by Crippen LogP contribution is 2.18. The number of primary amides is 1. The molecule has 0 fully saturated rings. The summed E-state index contributed by atoms with van der Waals surface area (Å²) in [6.45, 7) is 3.13. The van der Waals surface area contributed by atoms with Gasteiger partial charge in [-0.05, 0) is 19.9 Å². The Morgan fingerprint density at radius 2 is 2.12 bits per heavy atom. The van der Waals surface area contributed by atoms with Gasteiger partial charge in [-0.15, -0.1) is 0 Å². The zero-order valence-corrected chi connectivity index (χ0v) is 9.07. The van der Waals surface area contributed by atoms with Crippen molar-refractivity contribution in [1.82, 2.24) is 4.98 Å². The molecule has 6 heteroatoms. The highest BCUT2D eigenvalue weighted by atomic mass is 16.4. The van der Waals surface area contributed by atoms with Crippen molar-refractivity contribution in [3.8, 4) is 0 Å². The molecule has 1 aromatic heterocycles. The van der Waals surface area contributed by atoms with E-state index in [1.54, 1.807) is 19.9 Å². The Morgan fingerprint density at radius 3 is 2.62 bits per heavy atom. The molecule has 86 valence electrons. The molecule has 0 aliphatic rings. The molecule has 0 saturated heterocycles. The van der Waals surface area contributed by atoms with E-state index in [9.17, 15) is 9.59 Å². The van der Waals surface area contributed by atoms with Gasteiger partial charge >= 0.3 is 5.97 Å². The van der Waals surface area contributed by atoms with Gasteiger partial charge in [0.2, 0.25) is 0 Å².